The molecule has 0 spiro atoms. The predicted octanol–water partition coefficient (Wildman–Crippen LogP) is 5.31. The van der Waals surface area contributed by atoms with E-state index in [1.165, 1.54) is 12.1 Å². The number of ether oxygens (including phenoxy) is 1. The molecule has 3 heterocycles. The normalized spacial score (nSPS) is 21.4. The number of nitrogens with zero attached hydrogens (tertiary/aromatic N) is 2. The van der Waals surface area contributed by atoms with Crippen molar-refractivity contribution in [1.82, 2.24) is 9.47 Å². The fraction of sp³-hybridized carbons (Fsp3) is 0.444. The van der Waals surface area contributed by atoms with Gasteiger partial charge in [-0.1, -0.05) is 18.2 Å². The molecule has 0 radical (unpaired) electrons. The number of hydrogen-bond donors (Lipinski definition) is 1. The number of carbonyl (C=O) groups is 1. The summed E-state index contributed by atoms with van der Waals surface area (Å²) in [6.45, 7) is 3.31. The van der Waals surface area contributed by atoms with Gasteiger partial charge < -0.3 is 19.9 Å². The van der Waals surface area contributed by atoms with Gasteiger partial charge in [0.25, 0.3) is 5.91 Å². The number of benzene rings is 2. The lowest BCUT2D eigenvalue weighted by Gasteiger charge is -2.39. The summed E-state index contributed by atoms with van der Waals surface area (Å²) >= 11 is 0. The Hall–Kier alpha value is -2.48. The van der Waals surface area contributed by atoms with E-state index in [1.807, 2.05) is 22.5 Å². The molecule has 2 N–H and O–H groups in total. The van der Waals surface area contributed by atoms with Gasteiger partial charge >= 0.3 is 0 Å². The number of aromatic nitrogens is 1. The molecule has 1 amide bonds. The van der Waals surface area contributed by atoms with E-state index >= 15 is 4.39 Å². The van der Waals surface area contributed by atoms with Crippen LogP contribution in [0.15, 0.2) is 36.5 Å². The van der Waals surface area contributed by atoms with Crippen LogP contribution in [0.1, 0.15) is 58.6 Å². The summed E-state index contributed by atoms with van der Waals surface area (Å²) in [7, 11) is 1.62. The number of carbonyl (C=O) groups excluding carboxylic acids is 1. The van der Waals surface area contributed by atoms with E-state index in [2.05, 4.69) is 0 Å². The summed E-state index contributed by atoms with van der Waals surface area (Å²) in [5, 5.41) is 0.379. The Morgan fingerprint density at radius 2 is 1.80 bits per heavy atom. The van der Waals surface area contributed by atoms with E-state index in [0.717, 1.165) is 29.5 Å². The number of rotatable bonds is 6. The first kappa shape index (κ1) is 25.6. The second-order valence-electron chi connectivity index (χ2n) is 9.64. The van der Waals surface area contributed by atoms with Crippen molar-refractivity contribution in [1.29, 1.82) is 0 Å². The van der Waals surface area contributed by atoms with Gasteiger partial charge in [-0.15, -0.1) is 12.4 Å². The standard InChI is InChI=1S/C27H31F2N3O2.ClH/c1-16-3-7-24(29)25-22(15-31(26(16)25)9-10-34-2)27(33)32-19-5-6-20(32)13-18(12-19)21-11-17(14-30)4-8-23(21)28;/h3-4,7-8,11,15,18-20H,5-6,9-10,12-14,30H2,1-2H3;1H. The second kappa shape index (κ2) is 10.2. The van der Waals surface area contributed by atoms with Crippen molar-refractivity contribution < 1.29 is 18.3 Å². The molecule has 0 aliphatic carbocycles. The summed E-state index contributed by atoms with van der Waals surface area (Å²) in [4.78, 5) is 15.8. The van der Waals surface area contributed by atoms with Gasteiger partial charge in [0.05, 0.1) is 17.7 Å². The Kier molecular flexibility index (Phi) is 7.50. The average molecular weight is 504 g/mol. The fourth-order valence-corrected chi connectivity index (χ4v) is 6.04. The summed E-state index contributed by atoms with van der Waals surface area (Å²) in [5.41, 5.74) is 9.45. The number of fused-ring (bicyclic) bond motifs is 3. The monoisotopic (exact) mass is 503 g/mol. The Bertz CT molecular complexity index is 1230. The van der Waals surface area contributed by atoms with E-state index in [0.29, 0.717) is 49.1 Å². The maximum atomic E-state index is 15.0. The third kappa shape index (κ3) is 4.46. The zero-order valence-electron chi connectivity index (χ0n) is 20.1. The molecule has 5 nitrogen and oxygen atoms in total. The molecule has 2 saturated heterocycles. The highest BCUT2D eigenvalue weighted by atomic mass is 35.5. The lowest BCUT2D eigenvalue weighted by Crippen LogP contribution is -2.46. The van der Waals surface area contributed by atoms with Gasteiger partial charge in [-0.05, 0) is 67.3 Å². The summed E-state index contributed by atoms with van der Waals surface area (Å²) in [6, 6.07) is 8.31. The van der Waals surface area contributed by atoms with Gasteiger partial charge in [0, 0.05) is 43.9 Å². The first-order valence-electron chi connectivity index (χ1n) is 12.0. The lowest BCUT2D eigenvalue weighted by molar-refractivity contribution is 0.0571. The van der Waals surface area contributed by atoms with Crippen molar-refractivity contribution >= 4 is 29.2 Å². The smallest absolute Gasteiger partial charge is 0.256 e. The first-order valence-corrected chi connectivity index (χ1v) is 12.0. The van der Waals surface area contributed by atoms with Crippen LogP contribution in [0, 0.1) is 18.6 Å². The Morgan fingerprint density at radius 3 is 2.46 bits per heavy atom. The minimum atomic E-state index is -0.386. The summed E-state index contributed by atoms with van der Waals surface area (Å²) < 4.78 is 36.9. The minimum absolute atomic E-state index is 0. The van der Waals surface area contributed by atoms with E-state index in [4.69, 9.17) is 10.5 Å². The highest BCUT2D eigenvalue weighted by Gasteiger charge is 2.45. The molecule has 2 atom stereocenters. The quantitative estimate of drug-likeness (QED) is 0.496. The van der Waals surface area contributed by atoms with Crippen LogP contribution in [-0.2, 0) is 17.8 Å². The average Bonchev–Trinajstić information content (AvgIpc) is 3.35. The minimum Gasteiger partial charge on any atom is -0.383 e. The lowest BCUT2D eigenvalue weighted by atomic mass is 9.84. The maximum absolute atomic E-state index is 15.0. The van der Waals surface area contributed by atoms with E-state index in [1.54, 1.807) is 25.4 Å². The molecular weight excluding hydrogens is 472 g/mol. The number of nitrogens with two attached hydrogens (primary N) is 1. The molecule has 2 bridgehead atoms. The third-order valence-corrected chi connectivity index (χ3v) is 7.64. The number of aryl methyl sites for hydroxylation is 1. The highest BCUT2D eigenvalue weighted by molar-refractivity contribution is 6.08. The van der Waals surface area contributed by atoms with Crippen LogP contribution in [0.5, 0.6) is 0 Å². The van der Waals surface area contributed by atoms with Crippen molar-refractivity contribution in [3.05, 3.63) is 70.4 Å². The maximum Gasteiger partial charge on any atom is 0.256 e. The van der Waals surface area contributed by atoms with Crippen molar-refractivity contribution in [2.45, 2.75) is 63.7 Å². The van der Waals surface area contributed by atoms with Gasteiger partial charge in [0.15, 0.2) is 0 Å². The molecule has 5 rings (SSSR count). The molecule has 2 aromatic carbocycles. The number of hydrogen-bond acceptors (Lipinski definition) is 3. The van der Waals surface area contributed by atoms with Crippen LogP contribution < -0.4 is 5.73 Å². The summed E-state index contributed by atoms with van der Waals surface area (Å²) in [6.07, 6.45) is 4.95. The molecule has 3 aromatic rings. The Labute approximate surface area is 210 Å². The van der Waals surface area contributed by atoms with Gasteiger partial charge in [-0.2, -0.15) is 0 Å². The molecule has 0 saturated carbocycles. The summed E-state index contributed by atoms with van der Waals surface area (Å²) in [5.74, 6) is -0.675. The van der Waals surface area contributed by atoms with E-state index in [9.17, 15) is 9.18 Å². The van der Waals surface area contributed by atoms with Crippen molar-refractivity contribution in [2.24, 2.45) is 5.73 Å². The molecular formula is C27H32ClF2N3O2. The van der Waals surface area contributed by atoms with Crippen molar-refractivity contribution in [3.63, 3.8) is 0 Å². The van der Waals surface area contributed by atoms with Crippen LogP contribution in [0.2, 0.25) is 0 Å². The topological polar surface area (TPSA) is 60.5 Å². The van der Waals surface area contributed by atoms with Crippen molar-refractivity contribution in [3.8, 4) is 0 Å². The molecule has 188 valence electrons. The van der Waals surface area contributed by atoms with Crippen LogP contribution in [-0.4, -0.2) is 41.2 Å². The van der Waals surface area contributed by atoms with E-state index < -0.39 is 0 Å². The highest BCUT2D eigenvalue weighted by Crippen LogP contribution is 2.45. The van der Waals surface area contributed by atoms with Crippen molar-refractivity contribution in [2.75, 3.05) is 13.7 Å². The molecule has 1 aromatic heterocycles. The van der Waals surface area contributed by atoms with Crippen LogP contribution in [0.3, 0.4) is 0 Å². The Balaban J connectivity index is 0.00000289. The number of halogens is 3. The van der Waals surface area contributed by atoms with Crippen LogP contribution >= 0.6 is 12.4 Å². The van der Waals surface area contributed by atoms with Crippen LogP contribution in [0.25, 0.3) is 10.9 Å². The molecule has 2 aliphatic rings. The predicted molar refractivity (Wildman–Crippen MR) is 135 cm³/mol. The number of methoxy groups -OCH3 is 1. The van der Waals surface area contributed by atoms with E-state index in [-0.39, 0.29) is 48.0 Å². The van der Waals surface area contributed by atoms with Crippen LogP contribution in [0.4, 0.5) is 8.78 Å². The molecule has 8 heteroatoms. The molecule has 2 fully saturated rings. The third-order valence-electron chi connectivity index (χ3n) is 7.64. The Morgan fingerprint density at radius 1 is 1.11 bits per heavy atom. The number of piperidine rings is 1. The number of amides is 1. The zero-order chi connectivity index (χ0) is 24.0. The second-order valence-corrected chi connectivity index (χ2v) is 9.64. The molecule has 2 aliphatic heterocycles. The SMILES string of the molecule is COCCn1cc(C(=O)N2C3CCC2CC(c2cc(CN)ccc2F)C3)c2c(F)ccc(C)c21.Cl. The first-order chi connectivity index (χ1) is 16.4. The van der Waals surface area contributed by atoms with Gasteiger partial charge in [0.2, 0.25) is 0 Å². The fourth-order valence-electron chi connectivity index (χ4n) is 6.04. The van der Waals surface area contributed by atoms with Gasteiger partial charge in [-0.25, -0.2) is 8.78 Å². The van der Waals surface area contributed by atoms with Gasteiger partial charge in [0.1, 0.15) is 11.6 Å². The molecule has 35 heavy (non-hydrogen) atoms. The largest absolute Gasteiger partial charge is 0.383 e. The molecule has 2 unspecified atom stereocenters. The van der Waals surface area contributed by atoms with Gasteiger partial charge in [-0.3, -0.25) is 4.79 Å². The zero-order valence-corrected chi connectivity index (χ0v) is 20.9.